The van der Waals surface area contributed by atoms with Crippen molar-refractivity contribution in [2.75, 3.05) is 7.11 Å². The number of benzene rings is 1. The average Bonchev–Trinajstić information content (AvgIpc) is 3.95. The maximum atomic E-state index is 12.8. The van der Waals surface area contributed by atoms with Crippen molar-refractivity contribution in [3.05, 3.63) is 98.7 Å². The Bertz CT molecular complexity index is 2240. The van der Waals surface area contributed by atoms with E-state index in [-0.39, 0.29) is 22.9 Å². The molecule has 6 aliphatic rings. The molecule has 2 saturated carbocycles. The van der Waals surface area contributed by atoms with Crippen LogP contribution in [0.1, 0.15) is 80.0 Å². The van der Waals surface area contributed by atoms with Gasteiger partial charge < -0.3 is 25.3 Å². The van der Waals surface area contributed by atoms with Crippen LogP contribution in [0.15, 0.2) is 48.8 Å². The fraction of sp³-hybridized carbons (Fsp3) is 0.333. The molecule has 11 rings (SSSR count). The second-order valence-corrected chi connectivity index (χ2v) is 15.0. The summed E-state index contributed by atoms with van der Waals surface area (Å²) in [4.78, 5) is 41.3. The minimum absolute atomic E-state index is 0.0207. The van der Waals surface area contributed by atoms with Gasteiger partial charge in [0, 0.05) is 64.4 Å². The Labute approximate surface area is 288 Å². The molecule has 2 spiro atoms. The summed E-state index contributed by atoms with van der Waals surface area (Å²) in [5.74, 6) is 1.03. The number of hydrogen-bond acceptors (Lipinski definition) is 5. The first-order valence-electron chi connectivity index (χ1n) is 17.2. The monoisotopic (exact) mass is 670 g/mol. The van der Waals surface area contributed by atoms with Crippen molar-refractivity contribution in [2.24, 2.45) is 0 Å². The zero-order valence-electron chi connectivity index (χ0n) is 27.2. The van der Waals surface area contributed by atoms with Crippen LogP contribution < -0.4 is 15.4 Å². The van der Waals surface area contributed by atoms with Crippen molar-refractivity contribution in [2.45, 2.75) is 75.3 Å². The Hall–Kier alpha value is -4.89. The second-order valence-electron chi connectivity index (χ2n) is 14.6. The summed E-state index contributed by atoms with van der Waals surface area (Å²) in [5.41, 5.74) is 15.2. The highest BCUT2D eigenvalue weighted by Gasteiger charge is 2.50. The van der Waals surface area contributed by atoms with Crippen LogP contribution in [-0.4, -0.2) is 49.9 Å². The molecule has 246 valence electrons. The second kappa shape index (κ2) is 10.3. The van der Waals surface area contributed by atoms with Crippen molar-refractivity contribution < 1.29 is 14.3 Å². The standard InChI is InChI=1S/C23H21N3O2.C16H14ClN3O/c1-28-15-5-2-13(3-6-15)18-10-17-14(12-24-18)4-7-16-20-19(25-21(16)17)11-23(8-9-23)26-22(20)27;17-12-5-10-8(7-18-12)1-2-9-13-11(19-14(9)10)6-16(3-4-16)20-15(13)21/h2-3,5-6,10,12,25H,4,7-9,11H2,1H3,(H,26,27);5,7,19H,1-4,6H2,(H,20,21). The molecule has 2 amide bonds. The van der Waals surface area contributed by atoms with E-state index < -0.39 is 0 Å². The summed E-state index contributed by atoms with van der Waals surface area (Å²) in [6, 6.07) is 12.0. The predicted octanol–water partition coefficient (Wildman–Crippen LogP) is 6.32. The normalized spacial score (nSPS) is 19.1. The molecule has 4 N–H and O–H groups in total. The van der Waals surface area contributed by atoms with Gasteiger partial charge in [-0.05, 0) is 110 Å². The maximum Gasteiger partial charge on any atom is 0.253 e. The number of rotatable bonds is 2. The van der Waals surface area contributed by atoms with Crippen molar-refractivity contribution >= 4 is 23.4 Å². The van der Waals surface area contributed by atoms with Gasteiger partial charge in [-0.15, -0.1) is 0 Å². The van der Waals surface area contributed by atoms with E-state index in [2.05, 4.69) is 36.6 Å². The van der Waals surface area contributed by atoms with Gasteiger partial charge in [0.2, 0.25) is 0 Å². The molecule has 0 saturated heterocycles. The van der Waals surface area contributed by atoms with Gasteiger partial charge in [0.1, 0.15) is 10.9 Å². The molecule has 49 heavy (non-hydrogen) atoms. The van der Waals surface area contributed by atoms with Crippen LogP contribution in [0.5, 0.6) is 5.75 Å². The van der Waals surface area contributed by atoms with E-state index in [1.807, 2.05) is 42.7 Å². The number of amides is 2. The maximum absolute atomic E-state index is 12.8. The number of aromatic nitrogens is 4. The molecule has 5 aromatic rings. The number of fused-ring (bicyclic) bond motifs is 10. The van der Waals surface area contributed by atoms with Crippen LogP contribution >= 0.6 is 11.6 Å². The fourth-order valence-corrected chi connectivity index (χ4v) is 8.64. The largest absolute Gasteiger partial charge is 0.497 e. The summed E-state index contributed by atoms with van der Waals surface area (Å²) >= 11 is 6.05. The lowest BCUT2D eigenvalue weighted by Gasteiger charge is -2.24. The Morgan fingerprint density at radius 3 is 1.78 bits per heavy atom. The van der Waals surface area contributed by atoms with Crippen LogP contribution in [0.4, 0.5) is 0 Å². The molecule has 0 radical (unpaired) electrons. The van der Waals surface area contributed by atoms with E-state index in [0.717, 1.165) is 126 Å². The quantitative estimate of drug-likeness (QED) is 0.164. The molecule has 10 heteroatoms. The molecule has 2 fully saturated rings. The molecule has 6 heterocycles. The van der Waals surface area contributed by atoms with E-state index in [1.165, 1.54) is 22.3 Å². The number of nitrogens with one attached hydrogen (secondary N) is 4. The number of pyridine rings is 2. The first-order chi connectivity index (χ1) is 23.8. The van der Waals surface area contributed by atoms with Crippen LogP contribution in [0.3, 0.4) is 0 Å². The summed E-state index contributed by atoms with van der Waals surface area (Å²) in [6.07, 6.45) is 13.6. The first kappa shape index (κ1) is 29.1. The van der Waals surface area contributed by atoms with Gasteiger partial charge in [-0.25, -0.2) is 4.98 Å². The van der Waals surface area contributed by atoms with Gasteiger partial charge in [-0.2, -0.15) is 0 Å². The van der Waals surface area contributed by atoms with Crippen LogP contribution in [0.2, 0.25) is 5.15 Å². The van der Waals surface area contributed by atoms with E-state index in [4.69, 9.17) is 16.3 Å². The lowest BCUT2D eigenvalue weighted by atomic mass is 9.87. The smallest absolute Gasteiger partial charge is 0.253 e. The van der Waals surface area contributed by atoms with Gasteiger partial charge in [0.25, 0.3) is 11.8 Å². The third-order valence-corrected chi connectivity index (χ3v) is 11.7. The minimum atomic E-state index is 0.0207. The number of nitrogens with zero attached hydrogens (tertiary/aromatic N) is 2. The SMILES string of the molecule is COc1ccc(-c2cc3c(cn2)CCc2c-3[nH]c3c2C(=O)NC2(CC2)C3)cc1.O=C1NC2(CC2)Cc2[nH]c3c(c21)CCc1cnc(Cl)cc1-3. The zero-order valence-corrected chi connectivity index (χ0v) is 27.9. The molecule has 1 aromatic carbocycles. The number of aromatic amines is 2. The van der Waals surface area contributed by atoms with Gasteiger partial charge >= 0.3 is 0 Å². The first-order valence-corrected chi connectivity index (χ1v) is 17.6. The van der Waals surface area contributed by atoms with Crippen LogP contribution in [0.25, 0.3) is 33.8 Å². The Morgan fingerprint density at radius 1 is 0.714 bits per heavy atom. The lowest BCUT2D eigenvalue weighted by Crippen LogP contribution is -2.43. The summed E-state index contributed by atoms with van der Waals surface area (Å²) < 4.78 is 5.26. The highest BCUT2D eigenvalue weighted by atomic mass is 35.5. The fourth-order valence-electron chi connectivity index (χ4n) is 8.49. The molecule has 4 aliphatic carbocycles. The number of aryl methyl sites for hydroxylation is 2. The molecule has 0 unspecified atom stereocenters. The summed E-state index contributed by atoms with van der Waals surface area (Å²) in [5, 5.41) is 6.94. The number of ether oxygens (including phenoxy) is 1. The number of methoxy groups -OCH3 is 1. The van der Waals surface area contributed by atoms with E-state index in [1.54, 1.807) is 7.11 Å². The number of halogens is 1. The number of carbonyl (C=O) groups excluding carboxylic acids is 2. The van der Waals surface area contributed by atoms with Crippen molar-refractivity contribution in [1.82, 2.24) is 30.6 Å². The molecule has 2 aliphatic heterocycles. The Morgan fingerprint density at radius 2 is 1.24 bits per heavy atom. The highest BCUT2D eigenvalue weighted by molar-refractivity contribution is 6.29. The van der Waals surface area contributed by atoms with Crippen LogP contribution in [-0.2, 0) is 38.5 Å². The lowest BCUT2D eigenvalue weighted by molar-refractivity contribution is 0.0908. The molecular formula is C39H35ClN6O3. The van der Waals surface area contributed by atoms with Gasteiger partial charge in [-0.3, -0.25) is 14.6 Å². The van der Waals surface area contributed by atoms with Crippen LogP contribution in [0, 0.1) is 0 Å². The van der Waals surface area contributed by atoms with E-state index in [9.17, 15) is 9.59 Å². The van der Waals surface area contributed by atoms with Crippen molar-refractivity contribution in [1.29, 1.82) is 0 Å². The third kappa shape index (κ3) is 4.65. The predicted molar refractivity (Wildman–Crippen MR) is 186 cm³/mol. The van der Waals surface area contributed by atoms with Crippen molar-refractivity contribution in [3.63, 3.8) is 0 Å². The summed E-state index contributed by atoms with van der Waals surface area (Å²) in [6.45, 7) is 0. The molecule has 9 nitrogen and oxygen atoms in total. The number of hydrogen-bond donors (Lipinski definition) is 4. The van der Waals surface area contributed by atoms with Gasteiger partial charge in [-0.1, -0.05) is 11.6 Å². The third-order valence-electron chi connectivity index (χ3n) is 11.5. The number of carbonyl (C=O) groups is 2. The topological polar surface area (TPSA) is 125 Å². The summed E-state index contributed by atoms with van der Waals surface area (Å²) in [7, 11) is 1.67. The molecule has 4 aromatic heterocycles. The molecular weight excluding hydrogens is 636 g/mol. The Balaban J connectivity index is 0.000000130. The van der Waals surface area contributed by atoms with Crippen molar-refractivity contribution in [3.8, 4) is 39.5 Å². The van der Waals surface area contributed by atoms with Gasteiger partial charge in [0.15, 0.2) is 0 Å². The Kier molecular flexibility index (Phi) is 6.11. The highest BCUT2D eigenvalue weighted by Crippen LogP contribution is 2.47. The minimum Gasteiger partial charge on any atom is -0.497 e. The molecule has 0 bridgehead atoms. The number of H-pyrrole nitrogens is 2. The van der Waals surface area contributed by atoms with Gasteiger partial charge in [0.05, 0.1) is 35.3 Å². The average molecular weight is 671 g/mol. The van der Waals surface area contributed by atoms with E-state index >= 15 is 0 Å². The zero-order chi connectivity index (χ0) is 33.1. The molecule has 0 atom stereocenters. The van der Waals surface area contributed by atoms with E-state index in [0.29, 0.717) is 5.15 Å².